The van der Waals surface area contributed by atoms with E-state index in [2.05, 4.69) is 30.2 Å². The van der Waals surface area contributed by atoms with Crippen LogP contribution in [0, 0.1) is 6.92 Å². The Labute approximate surface area is 156 Å². The number of nitrogens with zero attached hydrogens (tertiary/aromatic N) is 6. The highest BCUT2D eigenvalue weighted by atomic mass is 19.4. The van der Waals surface area contributed by atoms with Gasteiger partial charge >= 0.3 is 12.1 Å². The van der Waals surface area contributed by atoms with E-state index in [1.807, 2.05) is 31.2 Å². The van der Waals surface area contributed by atoms with Gasteiger partial charge < -0.3 is 4.52 Å². The summed E-state index contributed by atoms with van der Waals surface area (Å²) in [5.41, 5.74) is 3.30. The lowest BCUT2D eigenvalue weighted by Crippen LogP contribution is -2.05. The number of hydrogen-bond acceptors (Lipinski definition) is 6. The zero-order valence-corrected chi connectivity index (χ0v) is 14.6. The molecule has 0 aliphatic carbocycles. The Morgan fingerprint density at radius 1 is 0.964 bits per heavy atom. The van der Waals surface area contributed by atoms with Gasteiger partial charge in [-0.3, -0.25) is 0 Å². The van der Waals surface area contributed by atoms with Crippen molar-refractivity contribution in [1.29, 1.82) is 0 Å². The molecule has 0 fully saturated rings. The molecule has 0 atom stereocenters. The minimum Gasteiger partial charge on any atom is -0.329 e. The van der Waals surface area contributed by atoms with E-state index in [1.54, 1.807) is 28.9 Å². The maximum Gasteiger partial charge on any atom is 0.471 e. The molecule has 0 saturated heterocycles. The van der Waals surface area contributed by atoms with Crippen molar-refractivity contribution >= 4 is 0 Å². The fourth-order valence-corrected chi connectivity index (χ4v) is 2.61. The second-order valence-corrected chi connectivity index (χ2v) is 6.14. The molecule has 0 unspecified atom stereocenters. The second kappa shape index (κ2) is 6.87. The number of rotatable bonds is 4. The van der Waals surface area contributed by atoms with E-state index >= 15 is 0 Å². The number of aryl methyl sites for hydroxylation is 1. The molecule has 2 heterocycles. The first kappa shape index (κ1) is 17.8. The minimum atomic E-state index is -4.67. The summed E-state index contributed by atoms with van der Waals surface area (Å²) in [7, 11) is 0. The topological polar surface area (TPSA) is 82.5 Å². The molecular weight excluding hydrogens is 373 g/mol. The zero-order chi connectivity index (χ0) is 19.7. The van der Waals surface area contributed by atoms with Crippen LogP contribution >= 0.6 is 0 Å². The molecule has 7 nitrogen and oxygen atoms in total. The van der Waals surface area contributed by atoms with Crippen LogP contribution in [0.4, 0.5) is 13.2 Å². The number of halogens is 3. The fourth-order valence-electron chi connectivity index (χ4n) is 2.61. The van der Waals surface area contributed by atoms with Gasteiger partial charge in [0.05, 0.1) is 6.54 Å². The Hall–Kier alpha value is -3.56. The summed E-state index contributed by atoms with van der Waals surface area (Å²) in [4.78, 5) is 3.38. The molecule has 28 heavy (non-hydrogen) atoms. The molecular formula is C18H13F3N6O. The van der Waals surface area contributed by atoms with Gasteiger partial charge in [-0.05, 0) is 22.9 Å². The highest BCUT2D eigenvalue weighted by Crippen LogP contribution is 2.29. The van der Waals surface area contributed by atoms with E-state index < -0.39 is 12.1 Å². The van der Waals surface area contributed by atoms with Gasteiger partial charge in [0.2, 0.25) is 5.82 Å². The van der Waals surface area contributed by atoms with Crippen molar-refractivity contribution < 1.29 is 17.7 Å². The van der Waals surface area contributed by atoms with E-state index in [1.165, 1.54) is 0 Å². The predicted octanol–water partition coefficient (Wildman–Crippen LogP) is 3.77. The molecule has 10 heteroatoms. The van der Waals surface area contributed by atoms with Gasteiger partial charge in [-0.1, -0.05) is 59.3 Å². The zero-order valence-electron chi connectivity index (χ0n) is 14.6. The molecule has 0 saturated carbocycles. The first-order chi connectivity index (χ1) is 13.4. The number of tetrazole rings is 1. The molecule has 0 spiro atoms. The van der Waals surface area contributed by atoms with Crippen molar-refractivity contribution in [3.05, 3.63) is 65.5 Å². The van der Waals surface area contributed by atoms with Crippen molar-refractivity contribution in [3.8, 4) is 22.8 Å². The van der Waals surface area contributed by atoms with E-state index in [4.69, 9.17) is 0 Å². The minimum absolute atomic E-state index is 0.123. The van der Waals surface area contributed by atoms with Crippen LogP contribution < -0.4 is 0 Å². The normalized spacial score (nSPS) is 11.7. The van der Waals surface area contributed by atoms with Crippen LogP contribution in [-0.2, 0) is 12.7 Å². The van der Waals surface area contributed by atoms with Crippen LogP contribution in [0.2, 0.25) is 0 Å². The average molecular weight is 386 g/mol. The highest BCUT2D eigenvalue weighted by Gasteiger charge is 2.38. The standard InChI is InChI=1S/C18H13F3N6O/c1-11-2-6-14(7-3-11)16-23-25-26-27(16)10-12-4-8-13(9-5-12)15-22-17(28-24-15)18(19,20)21/h2-9H,10H2,1H3. The van der Waals surface area contributed by atoms with Crippen molar-refractivity contribution in [2.45, 2.75) is 19.6 Å². The third-order valence-corrected chi connectivity index (χ3v) is 4.05. The van der Waals surface area contributed by atoms with E-state index in [9.17, 15) is 13.2 Å². The Bertz CT molecular complexity index is 1080. The molecule has 0 aliphatic rings. The maximum absolute atomic E-state index is 12.6. The van der Waals surface area contributed by atoms with E-state index in [-0.39, 0.29) is 5.82 Å². The predicted molar refractivity (Wildman–Crippen MR) is 91.8 cm³/mol. The van der Waals surface area contributed by atoms with Crippen LogP contribution in [-0.4, -0.2) is 30.3 Å². The average Bonchev–Trinajstić information content (AvgIpc) is 3.33. The summed E-state index contributed by atoms with van der Waals surface area (Å²) >= 11 is 0. The lowest BCUT2D eigenvalue weighted by molar-refractivity contribution is -0.159. The largest absolute Gasteiger partial charge is 0.471 e. The third kappa shape index (κ3) is 3.61. The van der Waals surface area contributed by atoms with Crippen LogP contribution in [0.25, 0.3) is 22.8 Å². The quantitative estimate of drug-likeness (QED) is 0.531. The van der Waals surface area contributed by atoms with Crippen molar-refractivity contribution in [3.63, 3.8) is 0 Å². The lowest BCUT2D eigenvalue weighted by atomic mass is 10.1. The van der Waals surface area contributed by atoms with Gasteiger partial charge in [-0.25, -0.2) is 4.68 Å². The second-order valence-electron chi connectivity index (χ2n) is 6.14. The molecule has 0 radical (unpaired) electrons. The molecule has 142 valence electrons. The van der Waals surface area contributed by atoms with Gasteiger partial charge in [-0.2, -0.15) is 18.2 Å². The smallest absolute Gasteiger partial charge is 0.329 e. The van der Waals surface area contributed by atoms with Crippen LogP contribution in [0.3, 0.4) is 0 Å². The van der Waals surface area contributed by atoms with Gasteiger partial charge in [0, 0.05) is 11.1 Å². The molecule has 0 N–H and O–H groups in total. The first-order valence-corrected chi connectivity index (χ1v) is 8.23. The molecule has 2 aromatic carbocycles. The van der Waals surface area contributed by atoms with E-state index in [0.717, 1.165) is 16.7 Å². The van der Waals surface area contributed by atoms with Crippen LogP contribution in [0.1, 0.15) is 17.0 Å². The first-order valence-electron chi connectivity index (χ1n) is 8.23. The fraction of sp³-hybridized carbons (Fsp3) is 0.167. The molecule has 0 amide bonds. The van der Waals surface area contributed by atoms with E-state index in [0.29, 0.717) is 17.9 Å². The highest BCUT2D eigenvalue weighted by molar-refractivity contribution is 5.56. The summed E-state index contributed by atoms with van der Waals surface area (Å²) in [6.45, 7) is 2.40. The van der Waals surface area contributed by atoms with Gasteiger partial charge in [0.1, 0.15) is 0 Å². The Balaban J connectivity index is 1.54. The summed E-state index contributed by atoms with van der Waals surface area (Å²) < 4.78 is 43.6. The van der Waals surface area contributed by atoms with Crippen LogP contribution in [0.5, 0.6) is 0 Å². The van der Waals surface area contributed by atoms with Crippen molar-refractivity contribution in [2.75, 3.05) is 0 Å². The van der Waals surface area contributed by atoms with Gasteiger partial charge in [-0.15, -0.1) is 5.10 Å². The molecule has 4 rings (SSSR count). The third-order valence-electron chi connectivity index (χ3n) is 4.05. The van der Waals surface area contributed by atoms with Crippen molar-refractivity contribution in [2.24, 2.45) is 0 Å². The summed E-state index contributed by atoms with van der Waals surface area (Å²) in [5, 5.41) is 15.2. The Morgan fingerprint density at radius 3 is 2.29 bits per heavy atom. The number of benzene rings is 2. The Morgan fingerprint density at radius 2 is 1.64 bits per heavy atom. The van der Waals surface area contributed by atoms with Crippen LogP contribution in [0.15, 0.2) is 53.1 Å². The lowest BCUT2D eigenvalue weighted by Gasteiger charge is -2.06. The Kier molecular flexibility index (Phi) is 4.38. The summed E-state index contributed by atoms with van der Waals surface area (Å²) in [6, 6.07) is 14.6. The number of aromatic nitrogens is 6. The molecule has 0 aliphatic heterocycles. The monoisotopic (exact) mass is 386 g/mol. The van der Waals surface area contributed by atoms with Gasteiger partial charge in [0.25, 0.3) is 0 Å². The number of hydrogen-bond donors (Lipinski definition) is 0. The molecule has 2 aromatic heterocycles. The number of alkyl halides is 3. The maximum atomic E-state index is 12.6. The molecule has 0 bridgehead atoms. The summed E-state index contributed by atoms with van der Waals surface area (Å²) in [5.74, 6) is -0.873. The van der Waals surface area contributed by atoms with Gasteiger partial charge in [0.15, 0.2) is 5.82 Å². The molecule has 4 aromatic rings. The van der Waals surface area contributed by atoms with Crippen molar-refractivity contribution in [1.82, 2.24) is 30.3 Å². The summed E-state index contributed by atoms with van der Waals surface area (Å²) in [6.07, 6.45) is -4.67. The SMILES string of the molecule is Cc1ccc(-c2nnnn2Cc2ccc(-c3noc(C(F)(F)F)n3)cc2)cc1.